The van der Waals surface area contributed by atoms with Gasteiger partial charge in [-0.15, -0.1) is 12.1 Å². The van der Waals surface area contributed by atoms with Crippen molar-refractivity contribution in [3.05, 3.63) is 102 Å². The summed E-state index contributed by atoms with van der Waals surface area (Å²) >= 11 is 0. The molecule has 5 nitrogen and oxygen atoms in total. The molecule has 1 aromatic carbocycles. The normalized spacial score (nSPS) is 12.0. The molecule has 11 heteroatoms. The van der Waals surface area contributed by atoms with E-state index < -0.39 is 29.2 Å². The second-order valence-corrected chi connectivity index (χ2v) is 8.54. The van der Waals surface area contributed by atoms with Crippen LogP contribution in [0.4, 0.5) is 22.0 Å². The molecule has 0 saturated carbocycles. The summed E-state index contributed by atoms with van der Waals surface area (Å²) in [5, 5.41) is 4.95. The minimum absolute atomic E-state index is 0. The fourth-order valence-corrected chi connectivity index (χ4v) is 3.80. The Morgan fingerprint density at radius 3 is 2.30 bits per heavy atom. The standard InChI is InChI=1S/C26H16F5N5.Pt/c1-25(2,19-9-5-8-18(32-19)17-10-11-22(27)34-23(17)28)21-14-15-6-3-4-7-16(15)24(33-21)36-13-12-20(35-36)26(29,30)31;/h3-9,11-12,14H,1-2H3;/q-2;+2. The van der Waals surface area contributed by atoms with Crippen LogP contribution in [0.15, 0.2) is 60.7 Å². The Kier molecular flexibility index (Phi) is 6.99. The summed E-state index contributed by atoms with van der Waals surface area (Å²) in [6, 6.07) is 18.0. The molecule has 0 saturated heterocycles. The molecule has 4 aromatic heterocycles. The van der Waals surface area contributed by atoms with E-state index in [1.165, 1.54) is 0 Å². The van der Waals surface area contributed by atoms with E-state index in [0.717, 1.165) is 22.2 Å². The zero-order valence-corrected chi connectivity index (χ0v) is 21.5. The van der Waals surface area contributed by atoms with Crippen molar-refractivity contribution in [1.29, 1.82) is 0 Å². The molecule has 4 heterocycles. The van der Waals surface area contributed by atoms with Crippen LogP contribution in [0, 0.1) is 24.2 Å². The van der Waals surface area contributed by atoms with Gasteiger partial charge < -0.3 is 9.67 Å². The molecular formula is C26H16F5N5Pt. The van der Waals surface area contributed by atoms with Crippen LogP contribution in [0.1, 0.15) is 30.9 Å². The van der Waals surface area contributed by atoms with E-state index in [0.29, 0.717) is 16.8 Å². The van der Waals surface area contributed by atoms with Crippen molar-refractivity contribution in [2.75, 3.05) is 0 Å². The van der Waals surface area contributed by atoms with Crippen LogP contribution in [0.5, 0.6) is 0 Å². The number of rotatable bonds is 4. The van der Waals surface area contributed by atoms with Gasteiger partial charge in [-0.1, -0.05) is 54.2 Å². The molecule has 0 radical (unpaired) electrons. The molecule has 5 aromatic rings. The van der Waals surface area contributed by atoms with Crippen molar-refractivity contribution in [1.82, 2.24) is 24.7 Å². The van der Waals surface area contributed by atoms with Gasteiger partial charge in [-0.2, -0.15) is 13.2 Å². The van der Waals surface area contributed by atoms with Crippen molar-refractivity contribution >= 4 is 10.8 Å². The van der Waals surface area contributed by atoms with Crippen molar-refractivity contribution < 1.29 is 43.0 Å². The van der Waals surface area contributed by atoms with Crippen molar-refractivity contribution in [2.45, 2.75) is 25.4 Å². The average Bonchev–Trinajstić information content (AvgIpc) is 3.34. The molecule has 0 N–H and O–H groups in total. The molecule has 0 atom stereocenters. The van der Waals surface area contributed by atoms with Gasteiger partial charge in [0.25, 0.3) is 0 Å². The van der Waals surface area contributed by atoms with Crippen LogP contribution in [0.25, 0.3) is 27.8 Å². The van der Waals surface area contributed by atoms with E-state index in [4.69, 9.17) is 0 Å². The number of hydrogen-bond acceptors (Lipinski definition) is 4. The fourth-order valence-electron chi connectivity index (χ4n) is 3.80. The minimum Gasteiger partial charge on any atom is -0.343 e. The summed E-state index contributed by atoms with van der Waals surface area (Å²) in [5.41, 5.74) is -0.877. The Morgan fingerprint density at radius 1 is 0.838 bits per heavy atom. The Balaban J connectivity index is 0.00000320. The van der Waals surface area contributed by atoms with Crippen molar-refractivity contribution in [3.8, 4) is 17.1 Å². The summed E-state index contributed by atoms with van der Waals surface area (Å²) in [6.07, 6.45) is -2.12. The molecule has 0 spiro atoms. The van der Waals surface area contributed by atoms with Crippen LogP contribution in [-0.2, 0) is 32.7 Å². The van der Waals surface area contributed by atoms with Crippen molar-refractivity contribution in [2.24, 2.45) is 0 Å². The first-order valence-corrected chi connectivity index (χ1v) is 10.7. The van der Waals surface area contributed by atoms with Gasteiger partial charge in [0.2, 0.25) is 0 Å². The third-order valence-corrected chi connectivity index (χ3v) is 5.78. The summed E-state index contributed by atoms with van der Waals surface area (Å²) < 4.78 is 68.0. The molecule has 0 aliphatic rings. The summed E-state index contributed by atoms with van der Waals surface area (Å²) in [7, 11) is 0. The molecular weight excluding hydrogens is 672 g/mol. The molecule has 0 unspecified atom stereocenters. The third-order valence-electron chi connectivity index (χ3n) is 5.78. The molecule has 0 fully saturated rings. The summed E-state index contributed by atoms with van der Waals surface area (Å²) in [4.78, 5) is 12.4. The zero-order chi connectivity index (χ0) is 25.7. The van der Waals surface area contributed by atoms with E-state index >= 15 is 0 Å². The largest absolute Gasteiger partial charge is 2.00 e. The van der Waals surface area contributed by atoms with Crippen LogP contribution in [-0.4, -0.2) is 24.7 Å². The molecule has 0 bridgehead atoms. The van der Waals surface area contributed by atoms with Crippen LogP contribution < -0.4 is 0 Å². The van der Waals surface area contributed by atoms with E-state index in [-0.39, 0.29) is 38.1 Å². The van der Waals surface area contributed by atoms with Gasteiger partial charge in [-0.3, -0.25) is 15.1 Å². The van der Waals surface area contributed by atoms with Gasteiger partial charge in [0.15, 0.2) is 0 Å². The monoisotopic (exact) mass is 688 g/mol. The Morgan fingerprint density at radius 2 is 1.59 bits per heavy atom. The third kappa shape index (κ3) is 5.03. The number of pyridine rings is 3. The minimum atomic E-state index is -4.62. The second kappa shape index (κ2) is 9.74. The van der Waals surface area contributed by atoms with Gasteiger partial charge in [0, 0.05) is 16.8 Å². The molecule has 37 heavy (non-hydrogen) atoms. The van der Waals surface area contributed by atoms with Gasteiger partial charge in [0.05, 0.1) is 11.5 Å². The molecule has 0 amide bonds. The number of halogens is 5. The number of benzene rings is 1. The number of fused-ring (bicyclic) bond motifs is 1. The quantitative estimate of drug-likeness (QED) is 0.130. The SMILES string of the molecule is CC(C)(c1cccc(-c2[c-]cc(F)nc2F)n1)c1cc2ccccc2c(-n2[c-]cc(C(F)(F)F)n2)n1.[Pt+2]. The van der Waals surface area contributed by atoms with E-state index in [9.17, 15) is 22.0 Å². The number of aromatic nitrogens is 5. The second-order valence-electron chi connectivity index (χ2n) is 8.54. The van der Waals surface area contributed by atoms with Crippen LogP contribution in [0.3, 0.4) is 0 Å². The maximum Gasteiger partial charge on any atom is 2.00 e. The first-order chi connectivity index (χ1) is 17.0. The van der Waals surface area contributed by atoms with Gasteiger partial charge in [-0.05, 0) is 42.4 Å². The van der Waals surface area contributed by atoms with Crippen molar-refractivity contribution in [3.63, 3.8) is 0 Å². The number of alkyl halides is 3. The fraction of sp³-hybridized carbons (Fsp3) is 0.154. The molecule has 190 valence electrons. The Hall–Kier alpha value is -3.52. The van der Waals surface area contributed by atoms with E-state index in [1.807, 2.05) is 26.0 Å². The predicted octanol–water partition coefficient (Wildman–Crippen LogP) is 6.10. The average molecular weight is 689 g/mol. The van der Waals surface area contributed by atoms with E-state index in [1.54, 1.807) is 36.4 Å². The summed E-state index contributed by atoms with van der Waals surface area (Å²) in [6.45, 7) is 3.66. The smallest absolute Gasteiger partial charge is 0.343 e. The molecule has 5 rings (SSSR count). The van der Waals surface area contributed by atoms with E-state index in [2.05, 4.69) is 32.3 Å². The van der Waals surface area contributed by atoms with Gasteiger partial charge >= 0.3 is 27.2 Å². The number of hydrogen-bond donors (Lipinski definition) is 0. The summed E-state index contributed by atoms with van der Waals surface area (Å²) in [5.74, 6) is -1.87. The predicted molar refractivity (Wildman–Crippen MR) is 121 cm³/mol. The first-order valence-electron chi connectivity index (χ1n) is 10.7. The topological polar surface area (TPSA) is 56.5 Å². The Labute approximate surface area is 222 Å². The van der Waals surface area contributed by atoms with Crippen LogP contribution in [0.2, 0.25) is 0 Å². The molecule has 0 aliphatic carbocycles. The first kappa shape index (κ1) is 26.5. The maximum absolute atomic E-state index is 14.3. The zero-order valence-electron chi connectivity index (χ0n) is 19.2. The van der Waals surface area contributed by atoms with Gasteiger partial charge in [-0.25, -0.2) is 8.78 Å². The maximum atomic E-state index is 14.3. The Bertz CT molecular complexity index is 1600. The molecule has 0 aliphatic heterocycles. The number of nitrogens with zero attached hydrogens (tertiary/aromatic N) is 5. The van der Waals surface area contributed by atoms with Crippen LogP contribution >= 0.6 is 0 Å². The van der Waals surface area contributed by atoms with Gasteiger partial charge in [0.1, 0.15) is 11.9 Å².